The number of nitrogen functional groups attached to an aromatic ring is 1. The predicted molar refractivity (Wildman–Crippen MR) is 82.3 cm³/mol. The molecule has 2 aromatic rings. The van der Waals surface area contributed by atoms with Gasteiger partial charge < -0.3 is 15.5 Å². The highest BCUT2D eigenvalue weighted by molar-refractivity contribution is 6.33. The van der Waals surface area contributed by atoms with E-state index in [1.165, 1.54) is 0 Å². The van der Waals surface area contributed by atoms with Crippen molar-refractivity contribution >= 4 is 28.8 Å². The number of aromatic nitrogens is 2. The highest BCUT2D eigenvalue weighted by Gasteiger charge is 2.20. The lowest BCUT2D eigenvalue weighted by atomic mass is 10.2. The average molecular weight is 290 g/mol. The summed E-state index contributed by atoms with van der Waals surface area (Å²) in [5, 5.41) is 0.693. The van der Waals surface area contributed by atoms with Crippen molar-refractivity contribution in [3.05, 3.63) is 41.8 Å². The summed E-state index contributed by atoms with van der Waals surface area (Å²) in [7, 11) is 0. The van der Waals surface area contributed by atoms with Crippen molar-refractivity contribution in [2.45, 2.75) is 0 Å². The highest BCUT2D eigenvalue weighted by Crippen LogP contribution is 2.27. The van der Waals surface area contributed by atoms with Crippen LogP contribution < -0.4 is 15.5 Å². The van der Waals surface area contributed by atoms with Crippen molar-refractivity contribution < 1.29 is 0 Å². The van der Waals surface area contributed by atoms with Crippen LogP contribution in [0.15, 0.2) is 36.8 Å². The van der Waals surface area contributed by atoms with Crippen molar-refractivity contribution in [3.8, 4) is 0 Å². The fraction of sp³-hybridized carbons (Fsp3) is 0.286. The zero-order chi connectivity index (χ0) is 13.9. The Morgan fingerprint density at radius 1 is 1.05 bits per heavy atom. The molecular weight excluding hydrogens is 274 g/mol. The first-order valence-electron chi connectivity index (χ1n) is 6.55. The molecule has 0 saturated carbocycles. The van der Waals surface area contributed by atoms with Crippen LogP contribution in [0.25, 0.3) is 0 Å². The molecule has 2 aromatic heterocycles. The fourth-order valence-corrected chi connectivity index (χ4v) is 2.70. The Morgan fingerprint density at radius 3 is 2.50 bits per heavy atom. The number of halogens is 1. The van der Waals surface area contributed by atoms with E-state index in [0.29, 0.717) is 5.02 Å². The minimum atomic E-state index is 0.693. The number of pyridine rings is 2. The van der Waals surface area contributed by atoms with E-state index >= 15 is 0 Å². The molecule has 0 amide bonds. The number of piperazine rings is 1. The van der Waals surface area contributed by atoms with Gasteiger partial charge in [-0.05, 0) is 18.2 Å². The van der Waals surface area contributed by atoms with E-state index in [4.69, 9.17) is 17.3 Å². The first-order chi connectivity index (χ1) is 9.75. The third-order valence-corrected chi connectivity index (χ3v) is 3.78. The number of nitrogens with two attached hydrogens (primary N) is 1. The van der Waals surface area contributed by atoms with Gasteiger partial charge in [0.15, 0.2) is 5.82 Å². The maximum atomic E-state index is 6.19. The average Bonchev–Trinajstić information content (AvgIpc) is 2.49. The van der Waals surface area contributed by atoms with E-state index in [9.17, 15) is 0 Å². The number of hydrogen-bond donors (Lipinski definition) is 1. The van der Waals surface area contributed by atoms with E-state index in [1.54, 1.807) is 18.6 Å². The molecule has 1 aliphatic heterocycles. The molecule has 3 rings (SSSR count). The van der Waals surface area contributed by atoms with Crippen molar-refractivity contribution in [1.82, 2.24) is 9.97 Å². The number of anilines is 3. The van der Waals surface area contributed by atoms with Gasteiger partial charge in [-0.25, -0.2) is 4.98 Å². The fourth-order valence-electron chi connectivity index (χ4n) is 2.46. The molecule has 0 bridgehead atoms. The summed E-state index contributed by atoms with van der Waals surface area (Å²) in [6, 6.07) is 5.69. The second-order valence-corrected chi connectivity index (χ2v) is 5.12. The van der Waals surface area contributed by atoms with Crippen LogP contribution in [0.2, 0.25) is 5.02 Å². The molecule has 6 heteroatoms. The summed E-state index contributed by atoms with van der Waals surface area (Å²) >= 11 is 6.19. The van der Waals surface area contributed by atoms with Crippen molar-refractivity contribution in [3.63, 3.8) is 0 Å². The Labute approximate surface area is 123 Å². The predicted octanol–water partition coefficient (Wildman–Crippen LogP) is 2.04. The molecular formula is C14H16ClN5. The van der Waals surface area contributed by atoms with Gasteiger partial charge in [0.05, 0.1) is 16.4 Å². The van der Waals surface area contributed by atoms with Crippen LogP contribution in [-0.2, 0) is 0 Å². The van der Waals surface area contributed by atoms with E-state index in [1.807, 2.05) is 18.2 Å². The normalized spacial score (nSPS) is 15.4. The van der Waals surface area contributed by atoms with Gasteiger partial charge in [0.2, 0.25) is 0 Å². The standard InChI is InChI=1S/C14H16ClN5/c15-11-10-17-5-3-13(11)19-6-8-20(9-7-19)14-12(16)2-1-4-18-14/h1-5,10H,6-9,16H2. The molecule has 0 atom stereocenters. The van der Waals surface area contributed by atoms with Crippen LogP contribution in [0.3, 0.4) is 0 Å². The van der Waals surface area contributed by atoms with Crippen LogP contribution in [0.1, 0.15) is 0 Å². The van der Waals surface area contributed by atoms with Crippen LogP contribution in [0.4, 0.5) is 17.2 Å². The second kappa shape index (κ2) is 5.54. The molecule has 1 saturated heterocycles. The Hall–Kier alpha value is -2.01. The summed E-state index contributed by atoms with van der Waals surface area (Å²) in [5.41, 5.74) is 7.74. The Kier molecular flexibility index (Phi) is 3.60. The molecule has 0 spiro atoms. The minimum Gasteiger partial charge on any atom is -0.396 e. The van der Waals surface area contributed by atoms with Gasteiger partial charge >= 0.3 is 0 Å². The Bertz CT molecular complexity index is 542. The molecule has 0 radical (unpaired) electrons. The SMILES string of the molecule is Nc1cccnc1N1CCN(c2ccncc2Cl)CC1. The lowest BCUT2D eigenvalue weighted by molar-refractivity contribution is 0.648. The molecule has 0 aromatic carbocycles. The highest BCUT2D eigenvalue weighted by atomic mass is 35.5. The molecule has 20 heavy (non-hydrogen) atoms. The van der Waals surface area contributed by atoms with E-state index in [-0.39, 0.29) is 0 Å². The lowest BCUT2D eigenvalue weighted by Crippen LogP contribution is -2.47. The Morgan fingerprint density at radius 2 is 1.80 bits per heavy atom. The zero-order valence-corrected chi connectivity index (χ0v) is 11.8. The maximum Gasteiger partial charge on any atom is 0.151 e. The largest absolute Gasteiger partial charge is 0.396 e. The first kappa shape index (κ1) is 13.0. The molecule has 2 N–H and O–H groups in total. The second-order valence-electron chi connectivity index (χ2n) is 4.72. The monoisotopic (exact) mass is 289 g/mol. The summed E-state index contributed by atoms with van der Waals surface area (Å²) in [5.74, 6) is 0.868. The van der Waals surface area contributed by atoms with Crippen LogP contribution in [0.5, 0.6) is 0 Å². The first-order valence-corrected chi connectivity index (χ1v) is 6.93. The van der Waals surface area contributed by atoms with Gasteiger partial charge in [0.1, 0.15) is 0 Å². The third-order valence-electron chi connectivity index (χ3n) is 3.49. The number of nitrogens with zero attached hydrogens (tertiary/aromatic N) is 4. The number of hydrogen-bond acceptors (Lipinski definition) is 5. The summed E-state index contributed by atoms with van der Waals surface area (Å²) in [4.78, 5) is 12.9. The summed E-state index contributed by atoms with van der Waals surface area (Å²) < 4.78 is 0. The molecule has 104 valence electrons. The van der Waals surface area contributed by atoms with E-state index in [2.05, 4.69) is 19.8 Å². The van der Waals surface area contributed by atoms with Crippen LogP contribution >= 0.6 is 11.6 Å². The van der Waals surface area contributed by atoms with Gasteiger partial charge in [-0.3, -0.25) is 4.98 Å². The lowest BCUT2D eigenvalue weighted by Gasteiger charge is -2.37. The molecule has 5 nitrogen and oxygen atoms in total. The summed E-state index contributed by atoms with van der Waals surface area (Å²) in [6.45, 7) is 3.53. The zero-order valence-electron chi connectivity index (χ0n) is 11.0. The molecule has 1 fully saturated rings. The molecule has 0 unspecified atom stereocenters. The van der Waals surface area contributed by atoms with Crippen molar-refractivity contribution in [2.24, 2.45) is 0 Å². The molecule has 3 heterocycles. The van der Waals surface area contributed by atoms with Crippen LogP contribution in [0, 0.1) is 0 Å². The smallest absolute Gasteiger partial charge is 0.151 e. The third kappa shape index (κ3) is 2.49. The van der Waals surface area contributed by atoms with E-state index in [0.717, 1.165) is 43.4 Å². The van der Waals surface area contributed by atoms with Gasteiger partial charge in [0.25, 0.3) is 0 Å². The molecule has 0 aliphatic carbocycles. The van der Waals surface area contributed by atoms with Gasteiger partial charge in [-0.2, -0.15) is 0 Å². The van der Waals surface area contributed by atoms with E-state index < -0.39 is 0 Å². The van der Waals surface area contributed by atoms with Gasteiger partial charge in [0, 0.05) is 44.8 Å². The quantitative estimate of drug-likeness (QED) is 0.917. The minimum absolute atomic E-state index is 0.693. The topological polar surface area (TPSA) is 58.3 Å². The van der Waals surface area contributed by atoms with Crippen LogP contribution in [-0.4, -0.2) is 36.1 Å². The Balaban J connectivity index is 1.72. The van der Waals surface area contributed by atoms with Gasteiger partial charge in [-0.15, -0.1) is 0 Å². The van der Waals surface area contributed by atoms with Crippen molar-refractivity contribution in [2.75, 3.05) is 41.7 Å². The summed E-state index contributed by atoms with van der Waals surface area (Å²) in [6.07, 6.45) is 5.22. The van der Waals surface area contributed by atoms with Gasteiger partial charge in [-0.1, -0.05) is 11.6 Å². The van der Waals surface area contributed by atoms with Crippen molar-refractivity contribution in [1.29, 1.82) is 0 Å². The number of rotatable bonds is 2. The molecule has 1 aliphatic rings. The maximum absolute atomic E-state index is 6.19.